The number of amides is 2. The van der Waals surface area contributed by atoms with E-state index in [0.717, 1.165) is 0 Å². The maximum atomic E-state index is 12.7. The zero-order valence-electron chi connectivity index (χ0n) is 9.52. The molecule has 0 saturated carbocycles. The lowest BCUT2D eigenvalue weighted by molar-refractivity contribution is -0.133. The molecule has 0 unspecified atom stereocenters. The molecule has 17 heavy (non-hydrogen) atoms. The number of nitrogens with zero attached hydrogens (tertiary/aromatic N) is 2. The molecule has 0 aliphatic carbocycles. The van der Waals surface area contributed by atoms with Crippen molar-refractivity contribution in [3.05, 3.63) is 35.6 Å². The highest BCUT2D eigenvalue weighted by Gasteiger charge is 2.25. The average Bonchev–Trinajstić information content (AvgIpc) is 2.33. The predicted molar refractivity (Wildman–Crippen MR) is 59.9 cm³/mol. The number of halogens is 1. The Hall–Kier alpha value is -1.91. The van der Waals surface area contributed by atoms with Crippen LogP contribution in [0.5, 0.6) is 0 Å². The largest absolute Gasteiger partial charge is 0.342 e. The number of likely N-dealkylation sites (N-methyl/N-ethyl adjacent to an activating group) is 1. The molecule has 1 saturated heterocycles. The molecular weight excluding hydrogens is 223 g/mol. The Morgan fingerprint density at radius 3 is 2.47 bits per heavy atom. The standard InChI is InChI=1S/C12H13FN2O2/c1-14-6-7-15(8-11(14)16)12(17)9-2-4-10(13)5-3-9/h2-5H,6-8H2,1H3. The summed E-state index contributed by atoms with van der Waals surface area (Å²) in [5.74, 6) is -0.686. The summed E-state index contributed by atoms with van der Waals surface area (Å²) in [4.78, 5) is 26.5. The molecule has 0 spiro atoms. The number of hydrogen-bond donors (Lipinski definition) is 0. The Kier molecular flexibility index (Phi) is 3.08. The third kappa shape index (κ3) is 2.43. The molecule has 1 fully saturated rings. The molecule has 0 bridgehead atoms. The van der Waals surface area contributed by atoms with E-state index < -0.39 is 0 Å². The molecule has 4 nitrogen and oxygen atoms in total. The van der Waals surface area contributed by atoms with E-state index in [1.54, 1.807) is 11.9 Å². The summed E-state index contributed by atoms with van der Waals surface area (Å²) >= 11 is 0. The number of benzene rings is 1. The van der Waals surface area contributed by atoms with E-state index in [1.165, 1.54) is 29.2 Å². The molecular formula is C12H13FN2O2. The second-order valence-corrected chi connectivity index (χ2v) is 4.05. The van der Waals surface area contributed by atoms with Crippen LogP contribution in [0.1, 0.15) is 10.4 Å². The molecule has 1 heterocycles. The Morgan fingerprint density at radius 2 is 1.88 bits per heavy atom. The molecule has 2 rings (SSSR count). The van der Waals surface area contributed by atoms with Crippen molar-refractivity contribution in [1.29, 1.82) is 0 Å². The summed E-state index contributed by atoms with van der Waals surface area (Å²) in [6.07, 6.45) is 0. The normalized spacial score (nSPS) is 16.2. The third-order valence-corrected chi connectivity index (χ3v) is 2.84. The molecule has 1 aromatic carbocycles. The molecule has 0 aromatic heterocycles. The number of rotatable bonds is 1. The van der Waals surface area contributed by atoms with Gasteiger partial charge in [0.1, 0.15) is 12.4 Å². The SMILES string of the molecule is CN1CCN(C(=O)c2ccc(F)cc2)CC1=O. The highest BCUT2D eigenvalue weighted by molar-refractivity contribution is 5.96. The minimum atomic E-state index is -0.379. The fourth-order valence-electron chi connectivity index (χ4n) is 1.71. The van der Waals surface area contributed by atoms with Gasteiger partial charge in [0, 0.05) is 25.7 Å². The summed E-state index contributed by atoms with van der Waals surface area (Å²) in [6, 6.07) is 5.34. The van der Waals surface area contributed by atoms with Gasteiger partial charge < -0.3 is 9.80 Å². The van der Waals surface area contributed by atoms with Gasteiger partial charge >= 0.3 is 0 Å². The van der Waals surface area contributed by atoms with Crippen LogP contribution in [0.25, 0.3) is 0 Å². The fourth-order valence-corrected chi connectivity index (χ4v) is 1.71. The van der Waals surface area contributed by atoms with Gasteiger partial charge in [-0.15, -0.1) is 0 Å². The van der Waals surface area contributed by atoms with Gasteiger partial charge in [0.15, 0.2) is 0 Å². The van der Waals surface area contributed by atoms with Crippen molar-refractivity contribution in [3.63, 3.8) is 0 Å². The van der Waals surface area contributed by atoms with E-state index in [0.29, 0.717) is 18.7 Å². The van der Waals surface area contributed by atoms with Crippen molar-refractivity contribution in [2.75, 3.05) is 26.7 Å². The van der Waals surface area contributed by atoms with Gasteiger partial charge in [-0.3, -0.25) is 9.59 Å². The Labute approximate surface area is 98.6 Å². The lowest BCUT2D eigenvalue weighted by Crippen LogP contribution is -2.50. The highest BCUT2D eigenvalue weighted by atomic mass is 19.1. The molecule has 0 atom stereocenters. The van der Waals surface area contributed by atoms with Crippen LogP contribution in [0.4, 0.5) is 4.39 Å². The Bertz CT molecular complexity index is 444. The molecule has 1 aromatic rings. The van der Waals surface area contributed by atoms with E-state index in [4.69, 9.17) is 0 Å². The van der Waals surface area contributed by atoms with E-state index in [-0.39, 0.29) is 24.2 Å². The van der Waals surface area contributed by atoms with Crippen molar-refractivity contribution >= 4 is 11.8 Å². The van der Waals surface area contributed by atoms with Gasteiger partial charge in [0.2, 0.25) is 5.91 Å². The predicted octanol–water partition coefficient (Wildman–Crippen LogP) is 0.740. The van der Waals surface area contributed by atoms with Crippen LogP contribution < -0.4 is 0 Å². The first-order chi connectivity index (χ1) is 8.08. The number of carbonyl (C=O) groups excluding carboxylic acids is 2. The van der Waals surface area contributed by atoms with Crippen LogP contribution in [0, 0.1) is 5.82 Å². The second kappa shape index (κ2) is 4.53. The van der Waals surface area contributed by atoms with Gasteiger partial charge in [-0.2, -0.15) is 0 Å². The van der Waals surface area contributed by atoms with Crippen molar-refractivity contribution in [1.82, 2.24) is 9.80 Å². The van der Waals surface area contributed by atoms with Crippen molar-refractivity contribution in [3.8, 4) is 0 Å². The molecule has 0 N–H and O–H groups in total. The molecule has 2 amide bonds. The summed E-state index contributed by atoms with van der Waals surface area (Å²) in [6.45, 7) is 1.14. The van der Waals surface area contributed by atoms with Crippen LogP contribution in [-0.2, 0) is 4.79 Å². The molecule has 0 radical (unpaired) electrons. The highest BCUT2D eigenvalue weighted by Crippen LogP contribution is 2.09. The maximum absolute atomic E-state index is 12.7. The van der Waals surface area contributed by atoms with Crippen molar-refractivity contribution in [2.24, 2.45) is 0 Å². The van der Waals surface area contributed by atoms with Crippen LogP contribution in [0.2, 0.25) is 0 Å². The number of hydrogen-bond acceptors (Lipinski definition) is 2. The second-order valence-electron chi connectivity index (χ2n) is 4.05. The number of piperazine rings is 1. The van der Waals surface area contributed by atoms with Crippen molar-refractivity contribution in [2.45, 2.75) is 0 Å². The van der Waals surface area contributed by atoms with Crippen LogP contribution >= 0.6 is 0 Å². The van der Waals surface area contributed by atoms with Crippen LogP contribution in [0.15, 0.2) is 24.3 Å². The lowest BCUT2D eigenvalue weighted by atomic mass is 10.2. The molecule has 1 aliphatic heterocycles. The first-order valence-corrected chi connectivity index (χ1v) is 5.37. The van der Waals surface area contributed by atoms with E-state index >= 15 is 0 Å². The van der Waals surface area contributed by atoms with Gasteiger partial charge in [0.25, 0.3) is 5.91 Å². The zero-order valence-corrected chi connectivity index (χ0v) is 9.52. The van der Waals surface area contributed by atoms with Gasteiger partial charge in [-0.05, 0) is 24.3 Å². The van der Waals surface area contributed by atoms with Gasteiger partial charge in [-0.1, -0.05) is 0 Å². The van der Waals surface area contributed by atoms with E-state index in [9.17, 15) is 14.0 Å². The third-order valence-electron chi connectivity index (χ3n) is 2.84. The number of carbonyl (C=O) groups is 2. The maximum Gasteiger partial charge on any atom is 0.254 e. The first kappa shape index (κ1) is 11.6. The summed E-state index contributed by atoms with van der Waals surface area (Å²) in [5, 5.41) is 0. The minimum Gasteiger partial charge on any atom is -0.342 e. The smallest absolute Gasteiger partial charge is 0.254 e. The van der Waals surface area contributed by atoms with E-state index in [2.05, 4.69) is 0 Å². The molecule has 5 heteroatoms. The monoisotopic (exact) mass is 236 g/mol. The quantitative estimate of drug-likeness (QED) is 0.721. The van der Waals surface area contributed by atoms with E-state index in [1.807, 2.05) is 0 Å². The summed E-state index contributed by atoms with van der Waals surface area (Å²) < 4.78 is 12.7. The molecule has 90 valence electrons. The topological polar surface area (TPSA) is 40.6 Å². The summed E-state index contributed by atoms with van der Waals surface area (Å²) in [7, 11) is 1.71. The first-order valence-electron chi connectivity index (χ1n) is 5.37. The fraction of sp³-hybridized carbons (Fsp3) is 0.333. The average molecular weight is 236 g/mol. The Balaban J connectivity index is 2.10. The van der Waals surface area contributed by atoms with Crippen LogP contribution in [0.3, 0.4) is 0 Å². The lowest BCUT2D eigenvalue weighted by Gasteiger charge is -2.32. The van der Waals surface area contributed by atoms with Gasteiger partial charge in [0.05, 0.1) is 0 Å². The molecule has 1 aliphatic rings. The van der Waals surface area contributed by atoms with Crippen LogP contribution in [-0.4, -0.2) is 48.3 Å². The zero-order chi connectivity index (χ0) is 12.4. The Morgan fingerprint density at radius 1 is 1.24 bits per heavy atom. The minimum absolute atomic E-state index is 0.0771. The van der Waals surface area contributed by atoms with Gasteiger partial charge in [-0.25, -0.2) is 4.39 Å². The summed E-state index contributed by atoms with van der Waals surface area (Å²) in [5.41, 5.74) is 0.406. The van der Waals surface area contributed by atoms with Crippen molar-refractivity contribution < 1.29 is 14.0 Å².